The van der Waals surface area contributed by atoms with Crippen LogP contribution in [0.5, 0.6) is 0 Å². The van der Waals surface area contributed by atoms with Crippen LogP contribution in [0.15, 0.2) is 36.7 Å². The summed E-state index contributed by atoms with van der Waals surface area (Å²) >= 11 is 0. The molecular weight excluding hydrogens is 356 g/mol. The Morgan fingerprint density at radius 2 is 2.07 bits per heavy atom. The van der Waals surface area contributed by atoms with Gasteiger partial charge in [0.25, 0.3) is 0 Å². The molecular formula is C21H24N4O3. The first-order valence-corrected chi connectivity index (χ1v) is 9.89. The van der Waals surface area contributed by atoms with Crippen LogP contribution in [-0.4, -0.2) is 46.3 Å². The van der Waals surface area contributed by atoms with Crippen molar-refractivity contribution in [3.05, 3.63) is 47.8 Å². The third-order valence-electron chi connectivity index (χ3n) is 6.48. The lowest BCUT2D eigenvalue weighted by Gasteiger charge is -2.35. The first-order chi connectivity index (χ1) is 13.6. The summed E-state index contributed by atoms with van der Waals surface area (Å²) in [5, 5.41) is 7.38. The Morgan fingerprint density at radius 1 is 1.29 bits per heavy atom. The summed E-state index contributed by atoms with van der Waals surface area (Å²) in [5.74, 6) is 0.0684. The molecule has 1 aromatic carbocycles. The van der Waals surface area contributed by atoms with Gasteiger partial charge in [0.1, 0.15) is 5.41 Å². The van der Waals surface area contributed by atoms with Crippen molar-refractivity contribution in [2.24, 2.45) is 13.0 Å². The highest BCUT2D eigenvalue weighted by Gasteiger charge is 2.60. The van der Waals surface area contributed by atoms with E-state index in [0.717, 1.165) is 29.7 Å². The summed E-state index contributed by atoms with van der Waals surface area (Å²) in [6, 6.07) is 7.49. The van der Waals surface area contributed by atoms with Gasteiger partial charge >= 0.3 is 0 Å². The van der Waals surface area contributed by atoms with E-state index in [9.17, 15) is 9.59 Å². The van der Waals surface area contributed by atoms with E-state index < -0.39 is 5.41 Å². The smallest absolute Gasteiger partial charge is 0.237 e. The number of anilines is 1. The first kappa shape index (κ1) is 17.4. The maximum atomic E-state index is 13.5. The van der Waals surface area contributed by atoms with Crippen molar-refractivity contribution in [1.82, 2.24) is 14.7 Å². The Bertz CT molecular complexity index is 933. The molecule has 1 N–H and O–H groups in total. The van der Waals surface area contributed by atoms with Crippen LogP contribution in [0.2, 0.25) is 0 Å². The number of fused-ring (bicyclic) bond motifs is 2. The number of nitrogens with one attached hydrogen (secondary N) is 1. The van der Waals surface area contributed by atoms with Gasteiger partial charge in [-0.15, -0.1) is 0 Å². The molecule has 3 aliphatic heterocycles. The molecule has 0 aliphatic carbocycles. The first-order valence-electron chi connectivity index (χ1n) is 9.89. The van der Waals surface area contributed by atoms with E-state index in [-0.39, 0.29) is 23.8 Å². The topological polar surface area (TPSA) is 76.5 Å². The van der Waals surface area contributed by atoms with Crippen molar-refractivity contribution in [2.45, 2.75) is 30.7 Å². The van der Waals surface area contributed by atoms with E-state index in [1.165, 1.54) is 0 Å². The maximum Gasteiger partial charge on any atom is 0.237 e. The summed E-state index contributed by atoms with van der Waals surface area (Å²) in [4.78, 5) is 28.7. The molecule has 2 atom stereocenters. The fourth-order valence-corrected chi connectivity index (χ4v) is 5.15. The molecule has 3 aliphatic rings. The Morgan fingerprint density at radius 3 is 2.82 bits per heavy atom. The molecule has 2 fully saturated rings. The van der Waals surface area contributed by atoms with Crippen LogP contribution in [0.1, 0.15) is 36.4 Å². The molecule has 0 saturated carbocycles. The number of hydrogen-bond acceptors (Lipinski definition) is 4. The van der Waals surface area contributed by atoms with Gasteiger partial charge in [-0.05, 0) is 30.9 Å². The lowest BCUT2D eigenvalue weighted by molar-refractivity contribution is -0.140. The molecule has 146 valence electrons. The average Bonchev–Trinajstić information content (AvgIpc) is 3.39. The van der Waals surface area contributed by atoms with Gasteiger partial charge in [-0.1, -0.05) is 18.2 Å². The van der Waals surface area contributed by atoms with Gasteiger partial charge in [0.2, 0.25) is 11.8 Å². The van der Waals surface area contributed by atoms with Crippen LogP contribution in [-0.2, 0) is 26.8 Å². The second-order valence-corrected chi connectivity index (χ2v) is 7.99. The number of ether oxygens (including phenoxy) is 1. The second-order valence-electron chi connectivity index (χ2n) is 7.99. The Kier molecular flexibility index (Phi) is 4.01. The van der Waals surface area contributed by atoms with Gasteiger partial charge < -0.3 is 15.0 Å². The molecule has 7 heteroatoms. The van der Waals surface area contributed by atoms with Crippen molar-refractivity contribution in [3.8, 4) is 0 Å². The number of aromatic nitrogens is 2. The highest BCUT2D eigenvalue weighted by Crippen LogP contribution is 2.55. The molecule has 2 amide bonds. The molecule has 0 unspecified atom stereocenters. The number of rotatable bonds is 2. The summed E-state index contributed by atoms with van der Waals surface area (Å²) in [6.45, 7) is 1.81. The van der Waals surface area contributed by atoms with Crippen LogP contribution in [0.25, 0.3) is 0 Å². The predicted molar refractivity (Wildman–Crippen MR) is 103 cm³/mol. The monoisotopic (exact) mass is 380 g/mol. The molecule has 5 rings (SSSR count). The molecule has 0 radical (unpaired) electrons. The highest BCUT2D eigenvalue weighted by atomic mass is 16.5. The predicted octanol–water partition coefficient (Wildman–Crippen LogP) is 2.01. The number of likely N-dealkylation sites (tertiary alicyclic amines) is 1. The fraction of sp³-hybridized carbons (Fsp3) is 0.476. The number of carbonyl (C=O) groups is 2. The number of nitrogens with zero attached hydrogens (tertiary/aromatic N) is 3. The van der Waals surface area contributed by atoms with Gasteiger partial charge in [0.15, 0.2) is 0 Å². The zero-order valence-electron chi connectivity index (χ0n) is 15.9. The van der Waals surface area contributed by atoms with Crippen molar-refractivity contribution < 1.29 is 14.3 Å². The number of benzene rings is 1. The number of hydrogen-bond donors (Lipinski definition) is 1. The van der Waals surface area contributed by atoms with E-state index in [0.29, 0.717) is 26.2 Å². The Labute approximate surface area is 163 Å². The van der Waals surface area contributed by atoms with Crippen LogP contribution in [0.3, 0.4) is 0 Å². The molecule has 2 saturated heterocycles. The number of amides is 2. The zero-order valence-corrected chi connectivity index (χ0v) is 15.9. The Balaban J connectivity index is 1.61. The minimum atomic E-state index is -0.763. The van der Waals surface area contributed by atoms with Gasteiger partial charge in [0, 0.05) is 50.2 Å². The molecule has 2 aromatic rings. The molecule has 0 bridgehead atoms. The minimum absolute atomic E-state index is 0.0233. The Hall–Kier alpha value is -2.67. The quantitative estimate of drug-likeness (QED) is 0.865. The lowest BCUT2D eigenvalue weighted by Crippen LogP contribution is -2.44. The van der Waals surface area contributed by atoms with Gasteiger partial charge in [-0.25, -0.2) is 0 Å². The van der Waals surface area contributed by atoms with Crippen LogP contribution in [0.4, 0.5) is 5.69 Å². The van der Waals surface area contributed by atoms with Crippen molar-refractivity contribution in [3.63, 3.8) is 0 Å². The average molecular weight is 380 g/mol. The van der Waals surface area contributed by atoms with Crippen molar-refractivity contribution in [2.75, 3.05) is 25.1 Å². The summed E-state index contributed by atoms with van der Waals surface area (Å²) in [7, 11) is 1.86. The number of para-hydroxylation sites is 1. The maximum absolute atomic E-state index is 13.5. The minimum Gasteiger partial charge on any atom is -0.381 e. The SMILES string of the molecule is Cn1cc([C@@H]2N(C(=O)C3CCOCC3)CC[C@]23C(=O)Nc2ccccc23)cn1. The zero-order chi connectivity index (χ0) is 19.3. The van der Waals surface area contributed by atoms with E-state index >= 15 is 0 Å². The lowest BCUT2D eigenvalue weighted by atomic mass is 9.73. The van der Waals surface area contributed by atoms with E-state index in [2.05, 4.69) is 10.4 Å². The van der Waals surface area contributed by atoms with E-state index in [4.69, 9.17) is 4.74 Å². The van der Waals surface area contributed by atoms with Crippen molar-refractivity contribution >= 4 is 17.5 Å². The fourth-order valence-electron chi connectivity index (χ4n) is 5.15. The summed E-state index contributed by atoms with van der Waals surface area (Å²) < 4.78 is 7.17. The van der Waals surface area contributed by atoms with Gasteiger partial charge in [0.05, 0.1) is 12.2 Å². The molecule has 1 spiro atoms. The summed E-state index contributed by atoms with van der Waals surface area (Å²) in [5.41, 5.74) is 1.98. The second kappa shape index (κ2) is 6.44. The van der Waals surface area contributed by atoms with Crippen LogP contribution >= 0.6 is 0 Å². The van der Waals surface area contributed by atoms with Crippen molar-refractivity contribution in [1.29, 1.82) is 0 Å². The third kappa shape index (κ3) is 2.42. The third-order valence-corrected chi connectivity index (χ3v) is 6.48. The molecule has 1 aromatic heterocycles. The van der Waals surface area contributed by atoms with Gasteiger partial charge in [-0.2, -0.15) is 5.10 Å². The van der Waals surface area contributed by atoms with Crippen LogP contribution in [0, 0.1) is 5.92 Å². The standard InChI is InChI=1S/C21H24N4O3/c1-24-13-15(12-22-24)18-21(16-4-2-3-5-17(16)23-20(21)27)8-9-25(18)19(26)14-6-10-28-11-7-14/h2-5,12-14,18H,6-11H2,1H3,(H,23,27)/t18-,21+/m0/s1. The largest absolute Gasteiger partial charge is 0.381 e. The number of carbonyl (C=O) groups excluding carboxylic acids is 2. The van der Waals surface area contributed by atoms with E-state index in [1.54, 1.807) is 10.9 Å². The molecule has 28 heavy (non-hydrogen) atoms. The number of aryl methyl sites for hydroxylation is 1. The molecule has 4 heterocycles. The van der Waals surface area contributed by atoms with Crippen LogP contribution < -0.4 is 5.32 Å². The highest BCUT2D eigenvalue weighted by molar-refractivity contribution is 6.07. The molecule has 7 nitrogen and oxygen atoms in total. The van der Waals surface area contributed by atoms with Gasteiger partial charge in [-0.3, -0.25) is 14.3 Å². The normalized spacial score (nSPS) is 27.2. The summed E-state index contributed by atoms with van der Waals surface area (Å²) in [6.07, 6.45) is 5.81. The van der Waals surface area contributed by atoms with E-state index in [1.807, 2.05) is 42.4 Å².